The number of carbonyl (C=O) groups is 1. The van der Waals surface area contributed by atoms with Crippen LogP contribution in [0.5, 0.6) is 11.5 Å². The third-order valence-electron chi connectivity index (χ3n) is 5.31. The van der Waals surface area contributed by atoms with Crippen LogP contribution in [0.4, 0.5) is 0 Å². The Morgan fingerprint density at radius 3 is 2.61 bits per heavy atom. The Morgan fingerprint density at radius 1 is 1.10 bits per heavy atom. The van der Waals surface area contributed by atoms with E-state index in [1.165, 1.54) is 24.0 Å². The number of hydrogen-bond acceptors (Lipinski definition) is 6. The fraction of sp³-hybridized carbons (Fsp3) is 0.375. The van der Waals surface area contributed by atoms with E-state index in [0.717, 1.165) is 29.9 Å². The van der Waals surface area contributed by atoms with Gasteiger partial charge in [-0.1, -0.05) is 11.2 Å². The molecule has 1 aliphatic carbocycles. The number of fused-ring (bicyclic) bond motifs is 1. The molecule has 162 valence electrons. The number of ether oxygens (including phenoxy) is 2. The zero-order valence-corrected chi connectivity index (χ0v) is 17.9. The van der Waals surface area contributed by atoms with Crippen molar-refractivity contribution in [2.75, 3.05) is 6.61 Å². The number of aryl methyl sites for hydroxylation is 2. The van der Waals surface area contributed by atoms with Gasteiger partial charge in [-0.15, -0.1) is 0 Å². The molecule has 0 radical (unpaired) electrons. The van der Waals surface area contributed by atoms with Crippen LogP contribution in [-0.4, -0.2) is 28.8 Å². The monoisotopic (exact) mass is 421 g/mol. The van der Waals surface area contributed by atoms with Crippen LogP contribution in [-0.2, 0) is 24.2 Å². The number of nitrogens with one attached hydrogen (secondary N) is 1. The van der Waals surface area contributed by atoms with Crippen molar-refractivity contribution in [1.29, 1.82) is 0 Å². The molecular weight excluding hydrogens is 394 g/mol. The molecule has 0 bridgehead atoms. The Balaban J connectivity index is 1.30. The van der Waals surface area contributed by atoms with Gasteiger partial charge in [-0.2, -0.15) is 4.98 Å². The van der Waals surface area contributed by atoms with Gasteiger partial charge in [-0.25, -0.2) is 0 Å². The SMILES string of the molecule is CCOc1ccc(-c2noc(CNC(=O)C(C)Oc3ccc4c(c3)CCCC4)n2)cc1. The summed E-state index contributed by atoms with van der Waals surface area (Å²) in [5.74, 6) is 2.07. The fourth-order valence-electron chi connectivity index (χ4n) is 3.66. The van der Waals surface area contributed by atoms with E-state index in [4.69, 9.17) is 14.0 Å². The van der Waals surface area contributed by atoms with E-state index < -0.39 is 6.10 Å². The predicted molar refractivity (Wildman–Crippen MR) is 116 cm³/mol. The van der Waals surface area contributed by atoms with Gasteiger partial charge in [0.25, 0.3) is 5.91 Å². The van der Waals surface area contributed by atoms with Gasteiger partial charge in [0.2, 0.25) is 11.7 Å². The van der Waals surface area contributed by atoms with Crippen molar-refractivity contribution in [3.05, 3.63) is 59.5 Å². The van der Waals surface area contributed by atoms with Gasteiger partial charge in [0.05, 0.1) is 13.2 Å². The normalized spacial score (nSPS) is 13.9. The van der Waals surface area contributed by atoms with Crippen molar-refractivity contribution < 1.29 is 18.8 Å². The quantitative estimate of drug-likeness (QED) is 0.589. The summed E-state index contributed by atoms with van der Waals surface area (Å²) in [4.78, 5) is 16.8. The van der Waals surface area contributed by atoms with E-state index in [1.54, 1.807) is 6.92 Å². The van der Waals surface area contributed by atoms with Gasteiger partial charge in [0.15, 0.2) is 6.10 Å². The van der Waals surface area contributed by atoms with E-state index in [9.17, 15) is 4.79 Å². The molecule has 4 rings (SSSR count). The summed E-state index contributed by atoms with van der Waals surface area (Å²) in [6.07, 6.45) is 4.00. The molecule has 7 heteroatoms. The standard InChI is InChI=1S/C24H27N3O4/c1-3-29-20-11-9-18(10-12-20)23-26-22(31-27-23)15-25-24(28)16(2)30-21-13-8-17-6-4-5-7-19(17)14-21/h8-14,16H,3-7,15H2,1-2H3,(H,25,28). The Kier molecular flexibility index (Phi) is 6.50. The van der Waals surface area contributed by atoms with Gasteiger partial charge in [-0.05, 0) is 87.1 Å². The molecule has 2 aromatic carbocycles. The van der Waals surface area contributed by atoms with Crippen LogP contribution in [0.2, 0.25) is 0 Å². The lowest BCUT2D eigenvalue weighted by Gasteiger charge is -2.19. The molecule has 1 unspecified atom stereocenters. The first-order chi connectivity index (χ1) is 15.1. The second-order valence-electron chi connectivity index (χ2n) is 7.58. The van der Waals surface area contributed by atoms with Crippen molar-refractivity contribution in [3.8, 4) is 22.9 Å². The first kappa shape index (κ1) is 20.9. The Morgan fingerprint density at radius 2 is 1.84 bits per heavy atom. The number of benzene rings is 2. The van der Waals surface area contributed by atoms with Gasteiger partial charge < -0.3 is 19.3 Å². The summed E-state index contributed by atoms with van der Waals surface area (Å²) in [5, 5.41) is 6.78. The van der Waals surface area contributed by atoms with Crippen molar-refractivity contribution in [1.82, 2.24) is 15.5 Å². The van der Waals surface area contributed by atoms with E-state index >= 15 is 0 Å². The average Bonchev–Trinajstić information content (AvgIpc) is 3.27. The molecule has 0 saturated heterocycles. The molecular formula is C24H27N3O4. The lowest BCUT2D eigenvalue weighted by atomic mass is 9.92. The van der Waals surface area contributed by atoms with Gasteiger partial charge >= 0.3 is 0 Å². The Labute approximate surface area is 181 Å². The molecule has 1 aliphatic rings. The van der Waals surface area contributed by atoms with Crippen molar-refractivity contribution in [2.24, 2.45) is 0 Å². The highest BCUT2D eigenvalue weighted by molar-refractivity contribution is 5.80. The number of carbonyl (C=O) groups excluding carboxylic acids is 1. The summed E-state index contributed by atoms with van der Waals surface area (Å²) < 4.78 is 16.5. The lowest BCUT2D eigenvalue weighted by molar-refractivity contribution is -0.127. The third kappa shape index (κ3) is 5.23. The van der Waals surface area contributed by atoms with Crippen LogP contribution in [0.3, 0.4) is 0 Å². The lowest BCUT2D eigenvalue weighted by Crippen LogP contribution is -2.36. The predicted octanol–water partition coefficient (Wildman–Crippen LogP) is 4.10. The number of amides is 1. The molecule has 0 spiro atoms. The summed E-state index contributed by atoms with van der Waals surface area (Å²) in [7, 11) is 0. The summed E-state index contributed by atoms with van der Waals surface area (Å²) >= 11 is 0. The van der Waals surface area contributed by atoms with Crippen LogP contribution >= 0.6 is 0 Å². The highest BCUT2D eigenvalue weighted by Crippen LogP contribution is 2.26. The molecule has 1 atom stereocenters. The zero-order chi connectivity index (χ0) is 21.6. The molecule has 0 fully saturated rings. The molecule has 1 N–H and O–H groups in total. The molecule has 0 aliphatic heterocycles. The van der Waals surface area contributed by atoms with Crippen molar-refractivity contribution in [3.63, 3.8) is 0 Å². The van der Waals surface area contributed by atoms with Gasteiger partial charge in [0.1, 0.15) is 11.5 Å². The number of aromatic nitrogens is 2. The molecule has 3 aromatic rings. The second-order valence-corrected chi connectivity index (χ2v) is 7.58. The molecule has 0 saturated carbocycles. The minimum atomic E-state index is -0.629. The summed E-state index contributed by atoms with van der Waals surface area (Å²) in [6.45, 7) is 4.42. The largest absolute Gasteiger partial charge is 0.494 e. The van der Waals surface area contributed by atoms with Crippen LogP contribution in [0.1, 0.15) is 43.7 Å². The summed E-state index contributed by atoms with van der Waals surface area (Å²) in [5.41, 5.74) is 3.52. The minimum Gasteiger partial charge on any atom is -0.494 e. The molecule has 31 heavy (non-hydrogen) atoms. The third-order valence-corrected chi connectivity index (χ3v) is 5.31. The second kappa shape index (κ2) is 9.64. The van der Waals surface area contributed by atoms with Gasteiger partial charge in [-0.3, -0.25) is 4.79 Å². The zero-order valence-electron chi connectivity index (χ0n) is 17.9. The van der Waals surface area contributed by atoms with Crippen LogP contribution < -0.4 is 14.8 Å². The topological polar surface area (TPSA) is 86.5 Å². The highest BCUT2D eigenvalue weighted by Gasteiger charge is 2.18. The van der Waals surface area contributed by atoms with E-state index in [2.05, 4.69) is 27.6 Å². The highest BCUT2D eigenvalue weighted by atomic mass is 16.5. The maximum Gasteiger partial charge on any atom is 0.261 e. The minimum absolute atomic E-state index is 0.140. The first-order valence-corrected chi connectivity index (χ1v) is 10.7. The van der Waals surface area contributed by atoms with Crippen molar-refractivity contribution in [2.45, 2.75) is 52.2 Å². The Hall–Kier alpha value is -3.35. The van der Waals surface area contributed by atoms with E-state index in [-0.39, 0.29) is 12.5 Å². The summed E-state index contributed by atoms with van der Waals surface area (Å²) in [6, 6.07) is 13.6. The molecule has 1 heterocycles. The Bertz CT molecular complexity index is 1030. The van der Waals surface area contributed by atoms with Crippen LogP contribution in [0.15, 0.2) is 47.0 Å². The number of hydrogen-bond donors (Lipinski definition) is 1. The molecule has 7 nitrogen and oxygen atoms in total. The van der Waals surface area contributed by atoms with E-state index in [0.29, 0.717) is 18.3 Å². The maximum atomic E-state index is 12.4. The van der Waals surface area contributed by atoms with Crippen LogP contribution in [0.25, 0.3) is 11.4 Å². The molecule has 1 aromatic heterocycles. The maximum absolute atomic E-state index is 12.4. The molecule has 1 amide bonds. The number of nitrogens with zero attached hydrogens (tertiary/aromatic N) is 2. The van der Waals surface area contributed by atoms with Gasteiger partial charge in [0, 0.05) is 5.56 Å². The van der Waals surface area contributed by atoms with E-state index in [1.807, 2.05) is 37.3 Å². The first-order valence-electron chi connectivity index (χ1n) is 10.7. The van der Waals surface area contributed by atoms with Crippen LogP contribution in [0, 0.1) is 0 Å². The fourth-order valence-corrected chi connectivity index (χ4v) is 3.66. The number of rotatable bonds is 8. The average molecular weight is 421 g/mol. The smallest absolute Gasteiger partial charge is 0.261 e. The van der Waals surface area contributed by atoms with Crippen molar-refractivity contribution >= 4 is 5.91 Å².